The van der Waals surface area contributed by atoms with Crippen molar-refractivity contribution in [3.8, 4) is 0 Å². The van der Waals surface area contributed by atoms with E-state index in [0.717, 1.165) is 11.6 Å². The highest BCUT2D eigenvalue weighted by molar-refractivity contribution is 7.80. The summed E-state index contributed by atoms with van der Waals surface area (Å²) >= 11 is 4.95. The van der Waals surface area contributed by atoms with Crippen LogP contribution < -0.4 is 11.1 Å². The van der Waals surface area contributed by atoms with Crippen LogP contribution in [0, 0.1) is 18.6 Å². The van der Waals surface area contributed by atoms with Crippen molar-refractivity contribution in [2.75, 3.05) is 5.32 Å². The Balaban J connectivity index is 2.39. The predicted molar refractivity (Wildman–Crippen MR) is 81.4 cm³/mol. The lowest BCUT2D eigenvalue weighted by Crippen LogP contribution is -2.19. The van der Waals surface area contributed by atoms with Crippen LogP contribution in [0.2, 0.25) is 0 Å². The summed E-state index contributed by atoms with van der Waals surface area (Å²) in [7, 11) is 0. The monoisotopic (exact) mass is 306 g/mol. The van der Waals surface area contributed by atoms with Crippen LogP contribution in [0.25, 0.3) is 0 Å². The molecule has 0 unspecified atom stereocenters. The fraction of sp³-hybridized carbons (Fsp3) is 0.0667. The van der Waals surface area contributed by atoms with Crippen molar-refractivity contribution >= 4 is 28.8 Å². The number of aryl methyl sites for hydroxylation is 1. The molecule has 0 aliphatic carbocycles. The molecule has 0 fully saturated rings. The average molecular weight is 306 g/mol. The number of benzene rings is 2. The molecule has 2 aromatic rings. The Morgan fingerprint density at radius 3 is 2.52 bits per heavy atom. The highest BCUT2D eigenvalue weighted by Gasteiger charge is 2.17. The van der Waals surface area contributed by atoms with Crippen LogP contribution in [-0.2, 0) is 0 Å². The Morgan fingerprint density at radius 2 is 1.86 bits per heavy atom. The summed E-state index contributed by atoms with van der Waals surface area (Å²) in [5.74, 6) is -3.05. The second-order valence-corrected chi connectivity index (χ2v) is 4.86. The smallest absolute Gasteiger partial charge is 0.258 e. The second kappa shape index (κ2) is 5.97. The first-order valence-corrected chi connectivity index (χ1v) is 6.47. The number of halogens is 2. The van der Waals surface area contributed by atoms with Gasteiger partial charge in [0.1, 0.15) is 4.99 Å². The fourth-order valence-corrected chi connectivity index (χ4v) is 2.24. The number of rotatable bonds is 3. The van der Waals surface area contributed by atoms with E-state index in [1.807, 2.05) is 0 Å². The van der Waals surface area contributed by atoms with Gasteiger partial charge < -0.3 is 11.1 Å². The molecule has 0 bridgehead atoms. The molecular weight excluding hydrogens is 294 g/mol. The van der Waals surface area contributed by atoms with Crippen LogP contribution >= 0.6 is 12.2 Å². The molecule has 2 rings (SSSR count). The second-order valence-electron chi connectivity index (χ2n) is 4.42. The topological polar surface area (TPSA) is 55.1 Å². The zero-order chi connectivity index (χ0) is 15.6. The normalized spacial score (nSPS) is 10.2. The maximum Gasteiger partial charge on any atom is 0.258 e. The third kappa shape index (κ3) is 3.05. The summed E-state index contributed by atoms with van der Waals surface area (Å²) < 4.78 is 26.8. The summed E-state index contributed by atoms with van der Waals surface area (Å²) in [5, 5.41) is 2.50. The molecule has 0 saturated heterocycles. The van der Waals surface area contributed by atoms with Gasteiger partial charge in [-0.3, -0.25) is 4.79 Å². The molecule has 0 spiro atoms. The molecule has 3 N–H and O–H groups in total. The van der Waals surface area contributed by atoms with Crippen molar-refractivity contribution in [3.05, 3.63) is 64.7 Å². The van der Waals surface area contributed by atoms with Crippen LogP contribution in [0.4, 0.5) is 14.5 Å². The van der Waals surface area contributed by atoms with E-state index >= 15 is 0 Å². The van der Waals surface area contributed by atoms with Crippen LogP contribution in [0.3, 0.4) is 0 Å². The molecule has 6 heteroatoms. The molecule has 0 saturated carbocycles. The van der Waals surface area contributed by atoms with Gasteiger partial charge in [-0.1, -0.05) is 30.4 Å². The fourth-order valence-electron chi connectivity index (χ4n) is 1.97. The van der Waals surface area contributed by atoms with Gasteiger partial charge in [0.15, 0.2) is 11.6 Å². The Kier molecular flexibility index (Phi) is 4.28. The van der Waals surface area contributed by atoms with Gasteiger partial charge in [-0.2, -0.15) is 0 Å². The number of hydrogen-bond acceptors (Lipinski definition) is 2. The Morgan fingerprint density at radius 1 is 1.19 bits per heavy atom. The minimum Gasteiger partial charge on any atom is -0.389 e. The molecule has 108 valence electrons. The summed E-state index contributed by atoms with van der Waals surface area (Å²) in [5.41, 5.74) is 6.88. The van der Waals surface area contributed by atoms with Crippen LogP contribution in [0.15, 0.2) is 36.4 Å². The summed E-state index contributed by atoms with van der Waals surface area (Å²) in [6.07, 6.45) is 0. The van der Waals surface area contributed by atoms with Gasteiger partial charge in [-0.25, -0.2) is 8.78 Å². The molecule has 0 aliphatic rings. The largest absolute Gasteiger partial charge is 0.389 e. The number of nitrogens with two attached hydrogens (primary N) is 1. The minimum atomic E-state index is -1.19. The van der Waals surface area contributed by atoms with Crippen molar-refractivity contribution in [2.45, 2.75) is 6.92 Å². The Hall–Kier alpha value is -2.34. The van der Waals surface area contributed by atoms with E-state index < -0.39 is 17.5 Å². The zero-order valence-corrected chi connectivity index (χ0v) is 11.9. The SMILES string of the molecule is Cc1cccc(NC(=O)c2cccc(F)c2F)c1C(N)=S. The van der Waals surface area contributed by atoms with E-state index in [-0.39, 0.29) is 10.6 Å². The molecule has 0 heterocycles. The quantitative estimate of drug-likeness (QED) is 0.857. The van der Waals surface area contributed by atoms with Gasteiger partial charge in [-0.15, -0.1) is 0 Å². The van der Waals surface area contributed by atoms with Gasteiger partial charge in [0.2, 0.25) is 0 Å². The lowest BCUT2D eigenvalue weighted by molar-refractivity contribution is 0.102. The van der Waals surface area contributed by atoms with Gasteiger partial charge in [0, 0.05) is 5.56 Å². The van der Waals surface area contributed by atoms with Gasteiger partial charge >= 0.3 is 0 Å². The minimum absolute atomic E-state index is 0.114. The first-order valence-electron chi connectivity index (χ1n) is 6.06. The van der Waals surface area contributed by atoms with E-state index in [0.29, 0.717) is 11.3 Å². The van der Waals surface area contributed by atoms with Crippen molar-refractivity contribution < 1.29 is 13.6 Å². The number of carbonyl (C=O) groups excluding carboxylic acids is 1. The van der Waals surface area contributed by atoms with Crippen molar-refractivity contribution in [2.24, 2.45) is 5.73 Å². The van der Waals surface area contributed by atoms with E-state index in [2.05, 4.69) is 5.32 Å². The molecule has 0 aliphatic heterocycles. The van der Waals surface area contributed by atoms with Crippen molar-refractivity contribution in [3.63, 3.8) is 0 Å². The van der Waals surface area contributed by atoms with E-state index in [4.69, 9.17) is 18.0 Å². The predicted octanol–water partition coefficient (Wildman–Crippen LogP) is 3.16. The van der Waals surface area contributed by atoms with Gasteiger partial charge in [0.05, 0.1) is 11.3 Å². The van der Waals surface area contributed by atoms with Gasteiger partial charge in [-0.05, 0) is 30.7 Å². The third-order valence-corrected chi connectivity index (χ3v) is 3.17. The van der Waals surface area contributed by atoms with E-state index in [9.17, 15) is 13.6 Å². The molecule has 0 radical (unpaired) electrons. The number of hydrogen-bond donors (Lipinski definition) is 2. The van der Waals surface area contributed by atoms with Crippen LogP contribution in [0.5, 0.6) is 0 Å². The lowest BCUT2D eigenvalue weighted by Gasteiger charge is -2.13. The molecule has 21 heavy (non-hydrogen) atoms. The lowest BCUT2D eigenvalue weighted by atomic mass is 10.1. The highest BCUT2D eigenvalue weighted by Crippen LogP contribution is 2.21. The molecule has 1 amide bonds. The molecule has 2 aromatic carbocycles. The number of anilines is 1. The first-order chi connectivity index (χ1) is 9.91. The Bertz CT molecular complexity index is 732. The third-order valence-electron chi connectivity index (χ3n) is 2.96. The number of nitrogens with one attached hydrogen (secondary N) is 1. The standard InChI is InChI=1S/C15H12F2N2OS/c1-8-4-2-7-11(12(8)14(18)21)19-15(20)9-5-3-6-10(16)13(9)17/h2-7H,1H3,(H2,18,21)(H,19,20). The Labute approximate surface area is 125 Å². The van der Waals surface area contributed by atoms with Crippen molar-refractivity contribution in [1.29, 1.82) is 0 Å². The zero-order valence-electron chi connectivity index (χ0n) is 11.1. The van der Waals surface area contributed by atoms with Crippen molar-refractivity contribution in [1.82, 2.24) is 0 Å². The van der Waals surface area contributed by atoms with Crippen LogP contribution in [0.1, 0.15) is 21.5 Å². The van der Waals surface area contributed by atoms with Gasteiger partial charge in [0.25, 0.3) is 5.91 Å². The summed E-state index contributed by atoms with van der Waals surface area (Å²) in [6, 6.07) is 8.49. The van der Waals surface area contributed by atoms with E-state index in [1.54, 1.807) is 25.1 Å². The first kappa shape index (κ1) is 15.1. The number of carbonyl (C=O) groups is 1. The maximum absolute atomic E-state index is 13.6. The number of amides is 1. The average Bonchev–Trinajstić information content (AvgIpc) is 2.41. The molecule has 0 aromatic heterocycles. The molecule has 3 nitrogen and oxygen atoms in total. The number of thiocarbonyl (C=S) groups is 1. The summed E-state index contributed by atoms with van der Waals surface area (Å²) in [6.45, 7) is 1.78. The molecule has 0 atom stereocenters. The summed E-state index contributed by atoms with van der Waals surface area (Å²) in [4.78, 5) is 12.2. The van der Waals surface area contributed by atoms with E-state index in [1.165, 1.54) is 12.1 Å². The highest BCUT2D eigenvalue weighted by atomic mass is 32.1. The maximum atomic E-state index is 13.6. The van der Waals surface area contributed by atoms with Crippen LogP contribution in [-0.4, -0.2) is 10.9 Å². The molecular formula is C15H12F2N2OS.